The number of carbonyl (C=O) groups is 3. The topological polar surface area (TPSA) is 146 Å². The number of hydrogen-bond donors (Lipinski definition) is 3. The minimum absolute atomic E-state index is 0.0657. The van der Waals surface area contributed by atoms with Gasteiger partial charge in [0.2, 0.25) is 0 Å². The van der Waals surface area contributed by atoms with E-state index in [9.17, 15) is 29.7 Å². The summed E-state index contributed by atoms with van der Waals surface area (Å²) < 4.78 is 18.7. The molecule has 6 rings (SSSR count). The van der Waals surface area contributed by atoms with Crippen LogP contribution in [0.1, 0.15) is 93.9 Å². The number of carbonyl (C=O) groups excluding carboxylic acids is 3. The van der Waals surface area contributed by atoms with E-state index in [0.29, 0.717) is 19.3 Å². The van der Waals surface area contributed by atoms with Crippen molar-refractivity contribution in [2.75, 3.05) is 0 Å². The number of epoxide rings is 2. The van der Waals surface area contributed by atoms with Crippen molar-refractivity contribution in [2.45, 2.75) is 141 Å². The van der Waals surface area contributed by atoms with E-state index in [2.05, 4.69) is 13.8 Å². The molecule has 2 aliphatic heterocycles. The Morgan fingerprint density at radius 1 is 1.02 bits per heavy atom. The van der Waals surface area contributed by atoms with Gasteiger partial charge in [-0.3, -0.25) is 9.59 Å². The van der Waals surface area contributed by atoms with Crippen molar-refractivity contribution in [1.29, 1.82) is 0 Å². The van der Waals surface area contributed by atoms with Gasteiger partial charge in [-0.1, -0.05) is 41.5 Å². The van der Waals surface area contributed by atoms with Crippen LogP contribution in [-0.4, -0.2) is 80.2 Å². The molecule has 0 aromatic heterocycles. The molecule has 236 valence electrons. The van der Waals surface area contributed by atoms with E-state index in [0.717, 1.165) is 19.3 Å². The summed E-state index contributed by atoms with van der Waals surface area (Å²) in [5.41, 5.74) is -3.72. The Labute approximate surface area is 249 Å². The minimum atomic E-state index is -1.67. The normalized spacial score (nSPS) is 48.0. The van der Waals surface area contributed by atoms with Crippen LogP contribution in [0.2, 0.25) is 0 Å². The molecule has 4 aliphatic carbocycles. The van der Waals surface area contributed by atoms with Crippen molar-refractivity contribution >= 4 is 17.5 Å². The van der Waals surface area contributed by atoms with Crippen molar-refractivity contribution in [3.63, 3.8) is 0 Å². The van der Waals surface area contributed by atoms with Crippen LogP contribution >= 0.6 is 0 Å². The molecule has 0 aromatic rings. The summed E-state index contributed by atoms with van der Waals surface area (Å²) in [6, 6.07) is 0. The van der Waals surface area contributed by atoms with Crippen molar-refractivity contribution in [2.24, 2.45) is 46.3 Å². The highest BCUT2D eigenvalue weighted by Crippen LogP contribution is 2.80. The summed E-state index contributed by atoms with van der Waals surface area (Å²) in [5, 5.41) is 31.2. The second-order valence-electron chi connectivity index (χ2n) is 16.1. The molecule has 2 spiro atoms. The summed E-state index contributed by atoms with van der Waals surface area (Å²) in [5.74, 6) is -1.30. The zero-order chi connectivity index (χ0) is 30.9. The van der Waals surface area contributed by atoms with Crippen LogP contribution in [-0.2, 0) is 28.6 Å². The zero-order valence-corrected chi connectivity index (χ0v) is 26.4. The molecule has 3 unspecified atom stereocenters. The number of esters is 1. The van der Waals surface area contributed by atoms with Crippen LogP contribution in [0.15, 0.2) is 0 Å². The fraction of sp³-hybridized carbons (Fsp3) is 0.909. The van der Waals surface area contributed by atoms with E-state index in [1.54, 1.807) is 0 Å². The molecule has 42 heavy (non-hydrogen) atoms. The molecule has 0 radical (unpaired) electrons. The van der Waals surface area contributed by atoms with Crippen molar-refractivity contribution in [3.05, 3.63) is 0 Å². The van der Waals surface area contributed by atoms with Crippen LogP contribution in [0.5, 0.6) is 0 Å². The Bertz CT molecular complexity index is 1180. The van der Waals surface area contributed by atoms with Gasteiger partial charge in [0.25, 0.3) is 0 Å². The average molecular weight is 591 g/mol. The predicted octanol–water partition coefficient (Wildman–Crippen LogP) is 2.99. The summed E-state index contributed by atoms with van der Waals surface area (Å²) in [6.07, 6.45) is 0.141. The Balaban J connectivity index is 1.23. The maximum absolute atomic E-state index is 14.3. The number of aliphatic hydroxyl groups excluding tert-OH is 2. The molecule has 6 aliphatic rings. The Morgan fingerprint density at radius 2 is 1.69 bits per heavy atom. The van der Waals surface area contributed by atoms with Gasteiger partial charge in [0.05, 0.1) is 17.6 Å². The summed E-state index contributed by atoms with van der Waals surface area (Å²) in [7, 11) is 0. The molecule has 3 N–H and O–H groups in total. The average Bonchev–Trinajstić information content (AvgIpc) is 3.79. The Kier molecular flexibility index (Phi) is 6.79. The van der Waals surface area contributed by atoms with Crippen molar-refractivity contribution in [1.82, 2.24) is 0 Å². The second-order valence-corrected chi connectivity index (χ2v) is 16.1. The molecule has 0 aromatic carbocycles. The van der Waals surface area contributed by atoms with Crippen molar-refractivity contribution < 1.29 is 43.9 Å². The number of ether oxygens (including phenoxy) is 3. The van der Waals surface area contributed by atoms with Gasteiger partial charge in [-0.25, -0.2) is 4.79 Å². The molecule has 0 bridgehead atoms. The Hall–Kier alpha value is -1.39. The summed E-state index contributed by atoms with van der Waals surface area (Å²) >= 11 is 0. The molecule has 6 fully saturated rings. The van der Waals surface area contributed by atoms with Gasteiger partial charge in [0.1, 0.15) is 29.5 Å². The predicted molar refractivity (Wildman–Crippen MR) is 151 cm³/mol. The number of ketones is 2. The van der Waals surface area contributed by atoms with Crippen LogP contribution in [0.4, 0.5) is 0 Å². The third-order valence-electron chi connectivity index (χ3n) is 13.4. The van der Waals surface area contributed by atoms with E-state index in [4.69, 9.17) is 14.2 Å². The molecule has 0 amide bonds. The molecule has 9 nitrogen and oxygen atoms in total. The standard InChI is InChI=1S/C33H50O9/c1-15(2)16(3)23(34)24(35)17(4)19-9-10-20-22-25(36)27-32(42-27)13-18(40-28(38)26(37)29(5,6)39)11-12-31(32,8)33(22)21(41-33)14-30(19,20)7/h15-23,26-27,34,37,39H,9-14H2,1-8H3/t16?,17-,18-,19+,20-,21+,22-,23?,26?,27-,30+,31-,32-,33+/m0/s1. The first-order chi connectivity index (χ1) is 19.4. The lowest BCUT2D eigenvalue weighted by Gasteiger charge is -2.56. The smallest absolute Gasteiger partial charge is 0.338 e. The molecule has 2 saturated heterocycles. The zero-order valence-electron chi connectivity index (χ0n) is 26.4. The number of fused-ring (bicyclic) bond motifs is 2. The van der Waals surface area contributed by atoms with E-state index in [-0.39, 0.29) is 58.6 Å². The van der Waals surface area contributed by atoms with Gasteiger partial charge >= 0.3 is 5.97 Å². The highest BCUT2D eigenvalue weighted by molar-refractivity contribution is 5.94. The lowest BCUT2D eigenvalue weighted by molar-refractivity contribution is -0.179. The van der Waals surface area contributed by atoms with E-state index < -0.39 is 52.6 Å². The largest absolute Gasteiger partial charge is 0.460 e. The molecular formula is C33H50O9. The fourth-order valence-corrected chi connectivity index (χ4v) is 10.3. The van der Waals surface area contributed by atoms with Gasteiger partial charge < -0.3 is 29.5 Å². The maximum atomic E-state index is 14.3. The number of hydrogen-bond acceptors (Lipinski definition) is 9. The first kappa shape index (κ1) is 30.6. The quantitative estimate of drug-likeness (QED) is 0.287. The summed E-state index contributed by atoms with van der Waals surface area (Å²) in [4.78, 5) is 40.3. The van der Waals surface area contributed by atoms with Crippen LogP contribution in [0.25, 0.3) is 0 Å². The molecule has 9 heteroatoms. The van der Waals surface area contributed by atoms with Crippen LogP contribution < -0.4 is 0 Å². The number of aliphatic hydroxyl groups is 3. The monoisotopic (exact) mass is 590 g/mol. The highest BCUT2D eigenvalue weighted by atomic mass is 16.7. The first-order valence-electron chi connectivity index (χ1n) is 16.1. The maximum Gasteiger partial charge on any atom is 0.338 e. The number of rotatable bonds is 8. The lowest BCUT2D eigenvalue weighted by Crippen LogP contribution is -2.67. The molecule has 2 heterocycles. The lowest BCUT2D eigenvalue weighted by atomic mass is 9.43. The SMILES string of the molecule is CC(C)C(C)C(O)C(=O)[C@@H](C)[C@H]1CC[C@H]2[C@H]3C(=O)[C@@H]4O[C@@]45C[C@@H](OC(=O)C(O)C(C)(C)O)CC[C@]5(C)[C@]34O[C@@H]4C[C@]12C. The van der Waals surface area contributed by atoms with E-state index in [1.807, 2.05) is 27.7 Å². The first-order valence-corrected chi connectivity index (χ1v) is 16.1. The second kappa shape index (κ2) is 9.32. The number of Topliss-reactive ketones (excluding diaryl/α,β-unsaturated/α-hetero) is 2. The molecule has 14 atom stereocenters. The van der Waals surface area contributed by atoms with Crippen LogP contribution in [0.3, 0.4) is 0 Å². The summed E-state index contributed by atoms with van der Waals surface area (Å²) in [6.45, 7) is 15.1. The van der Waals surface area contributed by atoms with Crippen molar-refractivity contribution in [3.8, 4) is 0 Å². The molecular weight excluding hydrogens is 540 g/mol. The van der Waals surface area contributed by atoms with Gasteiger partial charge in [0, 0.05) is 17.8 Å². The third kappa shape index (κ3) is 3.82. The van der Waals surface area contributed by atoms with Gasteiger partial charge in [-0.05, 0) is 75.0 Å². The third-order valence-corrected chi connectivity index (χ3v) is 13.4. The Morgan fingerprint density at radius 3 is 2.31 bits per heavy atom. The van der Waals surface area contributed by atoms with Crippen LogP contribution in [0, 0.1) is 46.3 Å². The van der Waals surface area contributed by atoms with E-state index >= 15 is 0 Å². The van der Waals surface area contributed by atoms with E-state index in [1.165, 1.54) is 13.8 Å². The minimum Gasteiger partial charge on any atom is -0.460 e. The molecule has 4 saturated carbocycles. The van der Waals surface area contributed by atoms with Gasteiger partial charge in [-0.15, -0.1) is 0 Å². The fourth-order valence-electron chi connectivity index (χ4n) is 10.3. The highest BCUT2D eigenvalue weighted by Gasteiger charge is 2.91. The van der Waals surface area contributed by atoms with Gasteiger partial charge in [-0.2, -0.15) is 0 Å². The van der Waals surface area contributed by atoms with Gasteiger partial charge in [0.15, 0.2) is 17.7 Å².